The number of pyridine rings is 1. The normalized spacial score (nSPS) is 15.7. The van der Waals surface area contributed by atoms with E-state index < -0.39 is 29.7 Å². The second-order valence-corrected chi connectivity index (χ2v) is 11.8. The van der Waals surface area contributed by atoms with E-state index >= 15 is 0 Å². The number of nitrogens with one attached hydrogen (secondary N) is 3. The fourth-order valence-corrected chi connectivity index (χ4v) is 5.22. The molecule has 0 spiro atoms. The number of hydrazine groups is 1. The van der Waals surface area contributed by atoms with Crippen LogP contribution in [-0.2, 0) is 51.3 Å². The summed E-state index contributed by atoms with van der Waals surface area (Å²) in [7, 11) is 3.47. The molecule has 2 amide bonds. The summed E-state index contributed by atoms with van der Waals surface area (Å²) in [4.78, 5) is 62.9. The number of benzene rings is 1. The fourth-order valence-electron chi connectivity index (χ4n) is 5.22. The molecule has 4 rings (SSSR count). The largest absolute Gasteiger partial charge is 0.459 e. The van der Waals surface area contributed by atoms with Gasteiger partial charge in [0.05, 0.1) is 43.3 Å². The Hall–Kier alpha value is -5.31. The lowest BCUT2D eigenvalue weighted by Gasteiger charge is -2.21. The highest BCUT2D eigenvalue weighted by Crippen LogP contribution is 2.38. The minimum absolute atomic E-state index is 0.0948. The molecule has 1 atom stereocenters. The number of hydrogen-bond donors (Lipinski definition) is 7. The predicted octanol–water partition coefficient (Wildman–Crippen LogP) is -0.682. The molecule has 0 bridgehead atoms. The van der Waals surface area contributed by atoms with Gasteiger partial charge in [-0.1, -0.05) is 13.8 Å². The highest BCUT2D eigenvalue weighted by molar-refractivity contribution is 5.91. The van der Waals surface area contributed by atoms with Gasteiger partial charge in [-0.2, -0.15) is 0 Å². The zero-order valence-electron chi connectivity index (χ0n) is 31.8. The lowest BCUT2D eigenvalue weighted by molar-refractivity contribution is -0.152. The smallest absolute Gasteiger partial charge is 0.340 e. The van der Waals surface area contributed by atoms with Gasteiger partial charge in [0.15, 0.2) is 6.10 Å². The fraction of sp³-hybridized carbons (Fsp3) is 0.444. The van der Waals surface area contributed by atoms with Crippen LogP contribution in [0.5, 0.6) is 0 Å². The van der Waals surface area contributed by atoms with Gasteiger partial charge in [-0.15, -0.1) is 0 Å². The third-order valence-electron chi connectivity index (χ3n) is 7.83. The molecular weight excluding hydrogens is 721 g/mol. The van der Waals surface area contributed by atoms with Gasteiger partial charge in [-0.05, 0) is 37.2 Å². The van der Waals surface area contributed by atoms with Crippen LogP contribution in [0.4, 0.5) is 4.39 Å². The molecule has 0 aliphatic carbocycles. The number of halogens is 1. The van der Waals surface area contributed by atoms with Crippen molar-refractivity contribution in [2.45, 2.75) is 46.4 Å². The minimum atomic E-state index is -1.65. The molecule has 0 fully saturated rings. The molecule has 10 N–H and O–H groups in total. The average Bonchev–Trinajstić information content (AvgIpc) is 3.48. The predicted molar refractivity (Wildman–Crippen MR) is 201 cm³/mol. The first-order valence-electron chi connectivity index (χ1n) is 17.4. The summed E-state index contributed by atoms with van der Waals surface area (Å²) in [6.45, 7) is 5.95. The highest BCUT2D eigenvalue weighted by Gasteiger charge is 2.33. The highest BCUT2D eigenvalue weighted by atomic mass is 19.1. The van der Waals surface area contributed by atoms with E-state index in [0.717, 1.165) is 11.1 Å². The number of nitrogens with two attached hydrogens (primary N) is 3. The van der Waals surface area contributed by atoms with Crippen LogP contribution in [0.3, 0.4) is 0 Å². The van der Waals surface area contributed by atoms with E-state index in [0.29, 0.717) is 52.7 Å². The van der Waals surface area contributed by atoms with E-state index in [2.05, 4.69) is 21.7 Å². The van der Waals surface area contributed by atoms with Gasteiger partial charge in [0, 0.05) is 66.6 Å². The van der Waals surface area contributed by atoms with E-state index in [1.54, 1.807) is 33.3 Å². The maximum absolute atomic E-state index is 14.7. The standard InChI is InChI=1S/C32H41FN8O8.C2H5NO.C2H6/c1-18-6-22-23(12-41(35)10-20(34)4-5-47-17-38-28(43)9-37-29(44)15-48-16-36-2)24-11-40(3)27(30(24)39-26(22)8-25(18)33)7-21-19(13-42)14-49-32(46)31(21)45;3-1-2-4;1-2/h6-8,10,13,31,36,45H,4-5,9,11-12,14-17,34-35H2,1-3H3,(H,37,44)(H,38,43);2H,1,3H2;1-2H3/b20-10-,27-7-;;. The van der Waals surface area contributed by atoms with Crippen LogP contribution in [0, 0.1) is 12.7 Å². The molecule has 55 heavy (non-hydrogen) atoms. The molecule has 1 aromatic carbocycles. The molecular formula is C36H52FN9O9. The van der Waals surface area contributed by atoms with Gasteiger partial charge in [0.25, 0.3) is 0 Å². The van der Waals surface area contributed by atoms with Crippen molar-refractivity contribution in [2.24, 2.45) is 17.3 Å². The molecule has 0 saturated heterocycles. The Balaban J connectivity index is 0.00000163. The molecule has 2 aliphatic rings. The quantitative estimate of drug-likeness (QED) is 0.0262. The first-order chi connectivity index (χ1) is 26.3. The number of fused-ring (bicyclic) bond motifs is 2. The molecule has 0 radical (unpaired) electrons. The molecule has 19 heteroatoms. The molecule has 302 valence electrons. The lowest BCUT2D eigenvalue weighted by Crippen LogP contribution is -2.39. The second kappa shape index (κ2) is 23.5. The van der Waals surface area contributed by atoms with Crippen molar-refractivity contribution in [1.82, 2.24) is 30.8 Å². The Bertz CT molecular complexity index is 1770. The van der Waals surface area contributed by atoms with E-state index in [1.807, 2.05) is 18.7 Å². The van der Waals surface area contributed by atoms with Crippen LogP contribution in [0.2, 0.25) is 0 Å². The number of cyclic esters (lactones) is 1. The summed E-state index contributed by atoms with van der Waals surface area (Å²) in [5.41, 5.74) is 14.8. The number of ether oxygens (including phenoxy) is 3. The Labute approximate surface area is 318 Å². The maximum Gasteiger partial charge on any atom is 0.340 e. The number of aldehydes is 2. The number of aryl methyl sites for hydroxylation is 1. The maximum atomic E-state index is 14.7. The Kier molecular flexibility index (Phi) is 19.6. The minimum Gasteiger partial charge on any atom is -0.459 e. The zero-order chi connectivity index (χ0) is 41.1. The van der Waals surface area contributed by atoms with Crippen molar-refractivity contribution in [2.75, 3.05) is 60.5 Å². The molecule has 0 saturated carbocycles. The van der Waals surface area contributed by atoms with Crippen molar-refractivity contribution < 1.29 is 47.7 Å². The first-order valence-corrected chi connectivity index (χ1v) is 17.4. The number of aliphatic hydroxyl groups is 1. The number of rotatable bonds is 17. The molecule has 2 aromatic rings. The van der Waals surface area contributed by atoms with Gasteiger partial charge in [-0.25, -0.2) is 20.0 Å². The van der Waals surface area contributed by atoms with Crippen molar-refractivity contribution >= 4 is 47.0 Å². The SMILES string of the molecule is CC.CNCOCC(=O)NCC(=O)NCOCC/C(N)=C/N(N)Cc1c2c(nc3cc(F)c(C)cc13)/C(=C/C1=C(C=O)COC(=O)C1O)N(C)C2.NCC=O. The molecule has 1 unspecified atom stereocenters. The number of carbonyl (C=O) groups is 5. The lowest BCUT2D eigenvalue weighted by atomic mass is 9.97. The van der Waals surface area contributed by atoms with E-state index in [1.165, 1.54) is 17.2 Å². The van der Waals surface area contributed by atoms with E-state index in [9.17, 15) is 28.7 Å². The number of aromatic nitrogens is 1. The second-order valence-electron chi connectivity index (χ2n) is 11.8. The summed E-state index contributed by atoms with van der Waals surface area (Å²) in [5, 5.41) is 20.3. The number of carbonyl (C=O) groups excluding carboxylic acids is 5. The summed E-state index contributed by atoms with van der Waals surface area (Å²) >= 11 is 0. The number of aliphatic hydroxyl groups excluding tert-OH is 1. The number of esters is 1. The third-order valence-corrected chi connectivity index (χ3v) is 7.83. The van der Waals surface area contributed by atoms with Gasteiger partial charge >= 0.3 is 5.97 Å². The summed E-state index contributed by atoms with van der Waals surface area (Å²) in [6, 6.07) is 3.04. The summed E-state index contributed by atoms with van der Waals surface area (Å²) < 4.78 is 30.1. The summed E-state index contributed by atoms with van der Waals surface area (Å²) in [6.07, 6.45) is 2.91. The molecule has 3 heterocycles. The summed E-state index contributed by atoms with van der Waals surface area (Å²) in [5.74, 6) is 4.22. The number of hydrogen-bond acceptors (Lipinski definition) is 16. The van der Waals surface area contributed by atoms with Crippen LogP contribution in [0.25, 0.3) is 16.6 Å². The monoisotopic (exact) mass is 773 g/mol. The van der Waals surface area contributed by atoms with Crippen LogP contribution in [0.15, 0.2) is 41.3 Å². The van der Waals surface area contributed by atoms with Crippen molar-refractivity contribution in [3.05, 3.63) is 69.5 Å². The van der Waals surface area contributed by atoms with Gasteiger partial charge in [0.2, 0.25) is 11.8 Å². The van der Waals surface area contributed by atoms with E-state index in [4.69, 9.17) is 35.6 Å². The zero-order valence-corrected chi connectivity index (χ0v) is 31.8. The van der Waals surface area contributed by atoms with Gasteiger partial charge in [-0.3, -0.25) is 19.7 Å². The Morgan fingerprint density at radius 3 is 2.55 bits per heavy atom. The van der Waals surface area contributed by atoms with Crippen molar-refractivity contribution in [3.8, 4) is 0 Å². The number of nitrogens with zero attached hydrogens (tertiary/aromatic N) is 3. The molecule has 1 aromatic heterocycles. The van der Waals surface area contributed by atoms with Gasteiger partial charge < -0.3 is 56.1 Å². The number of amides is 2. The molecule has 2 aliphatic heterocycles. The Morgan fingerprint density at radius 2 is 1.89 bits per heavy atom. The van der Waals surface area contributed by atoms with Crippen LogP contribution in [-0.4, -0.2) is 117 Å². The average molecular weight is 774 g/mol. The van der Waals surface area contributed by atoms with Crippen LogP contribution >= 0.6 is 0 Å². The third kappa shape index (κ3) is 13.5. The van der Waals surface area contributed by atoms with Crippen LogP contribution < -0.4 is 33.3 Å². The topological polar surface area (TPSA) is 267 Å². The van der Waals surface area contributed by atoms with E-state index in [-0.39, 0.29) is 70.5 Å². The first kappa shape index (κ1) is 45.8. The van der Waals surface area contributed by atoms with Gasteiger partial charge in [0.1, 0.15) is 38.3 Å². The Morgan fingerprint density at radius 1 is 1.18 bits per heavy atom. The van der Waals surface area contributed by atoms with Crippen molar-refractivity contribution in [1.29, 1.82) is 0 Å². The van der Waals surface area contributed by atoms with Crippen molar-refractivity contribution in [3.63, 3.8) is 0 Å². The van der Waals surface area contributed by atoms with Crippen LogP contribution in [0.1, 0.15) is 42.7 Å². The molecule has 18 nitrogen and oxygen atoms in total.